The normalized spacial score (nSPS) is 7.62. The number of carbonyl (C=O) groups excluding carboxylic acids is 1. The summed E-state index contributed by atoms with van der Waals surface area (Å²) in [5.74, 6) is 0. The molecule has 0 bridgehead atoms. The summed E-state index contributed by atoms with van der Waals surface area (Å²) in [6, 6.07) is 0. The van der Waals surface area contributed by atoms with Crippen LogP contribution in [0.3, 0.4) is 0 Å². The molecule has 0 aromatic rings. The molecule has 0 atom stereocenters. The Kier molecular flexibility index (Phi) is 8.99. The monoisotopic (exact) mass is 137 g/mol. The quantitative estimate of drug-likeness (QED) is 0.261. The minimum atomic E-state index is -0.639. The lowest BCUT2D eigenvalue weighted by Crippen LogP contribution is -2.25. The van der Waals surface area contributed by atoms with Crippen LogP contribution in [0.4, 0.5) is 4.79 Å². The van der Waals surface area contributed by atoms with Gasteiger partial charge in [0.1, 0.15) is 0 Å². The number of amides is 1. The van der Waals surface area contributed by atoms with Crippen LogP contribution >= 0.6 is 12.6 Å². The number of rotatable bonds is 0. The Morgan fingerprint density at radius 3 is 1.62 bits per heavy atom. The van der Waals surface area contributed by atoms with Crippen molar-refractivity contribution >= 4 is 17.9 Å². The topological polar surface area (TPSA) is 95.1 Å². The van der Waals surface area contributed by atoms with Crippen LogP contribution < -0.4 is 17.2 Å². The molecule has 0 unspecified atom stereocenters. The van der Waals surface area contributed by atoms with E-state index in [2.05, 4.69) is 18.4 Å². The van der Waals surface area contributed by atoms with Crippen molar-refractivity contribution in [1.82, 2.24) is 0 Å². The number of primary amides is 1. The Labute approximate surface area is 53.8 Å². The van der Waals surface area contributed by atoms with Crippen molar-refractivity contribution < 1.29 is 4.79 Å². The van der Waals surface area contributed by atoms with E-state index in [0.717, 1.165) is 0 Å². The second-order valence-electron chi connectivity index (χ2n) is 1.20. The molecule has 0 spiro atoms. The zero-order valence-corrected chi connectivity index (χ0v) is 5.56. The lowest BCUT2D eigenvalue weighted by atomic mass is 10.7. The fourth-order valence-electron chi connectivity index (χ4n) is 0. The molecule has 0 saturated heterocycles. The van der Waals surface area contributed by atoms with Gasteiger partial charge in [0.2, 0.25) is 0 Å². The molecule has 4 nitrogen and oxygen atoms in total. The van der Waals surface area contributed by atoms with Gasteiger partial charge in [0, 0.05) is 6.17 Å². The molecule has 1 amide bonds. The average molecular weight is 137 g/mol. The molecular formula is C3H11N3OS. The van der Waals surface area contributed by atoms with Gasteiger partial charge in [0.15, 0.2) is 0 Å². The summed E-state index contributed by atoms with van der Waals surface area (Å²) in [4.78, 5) is 9.09. The van der Waals surface area contributed by atoms with Gasteiger partial charge >= 0.3 is 0 Å². The first-order valence-corrected chi connectivity index (χ1v) is 2.41. The van der Waals surface area contributed by atoms with E-state index in [0.29, 0.717) is 0 Å². The van der Waals surface area contributed by atoms with E-state index < -0.39 is 5.24 Å². The van der Waals surface area contributed by atoms with Gasteiger partial charge in [-0.25, -0.2) is 0 Å². The molecule has 0 fully saturated rings. The molecule has 0 saturated carbocycles. The Morgan fingerprint density at radius 1 is 1.62 bits per heavy atom. The first-order chi connectivity index (χ1) is 3.46. The number of carbonyl (C=O) groups is 1. The molecule has 0 aliphatic heterocycles. The van der Waals surface area contributed by atoms with Gasteiger partial charge in [-0.15, -0.1) is 0 Å². The second-order valence-corrected chi connectivity index (χ2v) is 1.64. The summed E-state index contributed by atoms with van der Waals surface area (Å²) in [6.45, 7) is 1.72. The maximum absolute atomic E-state index is 9.09. The third-order valence-electron chi connectivity index (χ3n) is 0. The minimum absolute atomic E-state index is 0.167. The summed E-state index contributed by atoms with van der Waals surface area (Å²) in [5, 5.41) is -0.639. The van der Waals surface area contributed by atoms with E-state index >= 15 is 0 Å². The second kappa shape index (κ2) is 6.74. The summed E-state index contributed by atoms with van der Waals surface area (Å²) in [7, 11) is 0. The van der Waals surface area contributed by atoms with E-state index in [4.69, 9.17) is 16.3 Å². The van der Waals surface area contributed by atoms with E-state index in [1.807, 2.05) is 0 Å². The van der Waals surface area contributed by atoms with Crippen molar-refractivity contribution in [2.24, 2.45) is 17.2 Å². The molecule has 0 aliphatic carbocycles. The fraction of sp³-hybridized carbons (Fsp3) is 0.667. The van der Waals surface area contributed by atoms with Gasteiger partial charge in [0.05, 0.1) is 0 Å². The summed E-state index contributed by atoms with van der Waals surface area (Å²) in [5.41, 5.74) is 14.1. The third-order valence-corrected chi connectivity index (χ3v) is 0. The van der Waals surface area contributed by atoms with Crippen LogP contribution in [0.5, 0.6) is 0 Å². The van der Waals surface area contributed by atoms with Gasteiger partial charge in [-0.2, -0.15) is 0 Å². The summed E-state index contributed by atoms with van der Waals surface area (Å²) < 4.78 is 0. The standard InChI is InChI=1S/C2H8N2.CH3NOS/c1-2(3)4;2-1(3)4/h2H,3-4H2,1H3;(H3,2,3,4). The van der Waals surface area contributed by atoms with Gasteiger partial charge < -0.3 is 17.2 Å². The minimum Gasteiger partial charge on any atom is -0.361 e. The largest absolute Gasteiger partial charge is 0.361 e. The van der Waals surface area contributed by atoms with Crippen LogP contribution in [0.25, 0.3) is 0 Å². The number of hydrogen-bond donors (Lipinski definition) is 4. The van der Waals surface area contributed by atoms with Crippen molar-refractivity contribution in [3.05, 3.63) is 0 Å². The van der Waals surface area contributed by atoms with E-state index in [-0.39, 0.29) is 6.17 Å². The van der Waals surface area contributed by atoms with E-state index in [1.165, 1.54) is 0 Å². The molecular weight excluding hydrogens is 126 g/mol. The highest BCUT2D eigenvalue weighted by Crippen LogP contribution is 1.60. The average Bonchev–Trinajstić information content (AvgIpc) is 1.25. The van der Waals surface area contributed by atoms with Crippen molar-refractivity contribution in [1.29, 1.82) is 0 Å². The first kappa shape index (κ1) is 10.7. The van der Waals surface area contributed by atoms with Crippen LogP contribution in [0, 0.1) is 0 Å². The van der Waals surface area contributed by atoms with E-state index in [9.17, 15) is 0 Å². The van der Waals surface area contributed by atoms with Crippen molar-refractivity contribution in [3.8, 4) is 0 Å². The SMILES string of the molecule is CC(N)N.NC(=O)S. The third kappa shape index (κ3) is 1910. The predicted octanol–water partition coefficient (Wildman–Crippen LogP) is -0.755. The molecule has 0 rings (SSSR count). The smallest absolute Gasteiger partial charge is 0.273 e. The zero-order valence-electron chi connectivity index (χ0n) is 4.66. The molecule has 0 heterocycles. The van der Waals surface area contributed by atoms with Crippen molar-refractivity contribution in [2.75, 3.05) is 0 Å². The number of hydrogen-bond acceptors (Lipinski definition) is 3. The van der Waals surface area contributed by atoms with Gasteiger partial charge in [-0.05, 0) is 6.92 Å². The lowest BCUT2D eigenvalue weighted by molar-refractivity contribution is 0.267. The lowest BCUT2D eigenvalue weighted by Gasteiger charge is -1.83. The zero-order chi connectivity index (χ0) is 7.15. The highest BCUT2D eigenvalue weighted by atomic mass is 32.1. The van der Waals surface area contributed by atoms with Gasteiger partial charge in [0.25, 0.3) is 5.24 Å². The van der Waals surface area contributed by atoms with Crippen molar-refractivity contribution in [3.63, 3.8) is 0 Å². The van der Waals surface area contributed by atoms with Crippen LogP contribution in [0.15, 0.2) is 0 Å². The molecule has 5 heteroatoms. The van der Waals surface area contributed by atoms with Crippen LogP contribution in [-0.4, -0.2) is 11.4 Å². The summed E-state index contributed by atoms with van der Waals surface area (Å²) in [6.07, 6.45) is -0.167. The van der Waals surface area contributed by atoms with Crippen LogP contribution in [0.1, 0.15) is 6.92 Å². The molecule has 50 valence electrons. The fourth-order valence-corrected chi connectivity index (χ4v) is 0. The highest BCUT2D eigenvalue weighted by Gasteiger charge is 1.66. The van der Waals surface area contributed by atoms with Gasteiger partial charge in [-0.1, -0.05) is 12.6 Å². The summed E-state index contributed by atoms with van der Waals surface area (Å²) >= 11 is 3.10. The molecule has 0 radical (unpaired) electrons. The first-order valence-electron chi connectivity index (χ1n) is 1.96. The maximum atomic E-state index is 9.09. The molecule has 8 heavy (non-hydrogen) atoms. The van der Waals surface area contributed by atoms with Crippen molar-refractivity contribution in [2.45, 2.75) is 13.1 Å². The predicted molar refractivity (Wildman–Crippen MR) is 36.4 cm³/mol. The highest BCUT2D eigenvalue weighted by molar-refractivity contribution is 7.96. The van der Waals surface area contributed by atoms with Gasteiger partial charge in [-0.3, -0.25) is 4.79 Å². The Balaban J connectivity index is 0. The molecule has 6 N–H and O–H groups in total. The molecule has 0 aromatic heterocycles. The van der Waals surface area contributed by atoms with E-state index in [1.54, 1.807) is 6.92 Å². The Bertz CT molecular complexity index is 58.8. The Hall–Kier alpha value is -0.260. The Morgan fingerprint density at radius 2 is 1.62 bits per heavy atom. The molecule has 0 aliphatic rings. The number of thiol groups is 1. The van der Waals surface area contributed by atoms with Crippen LogP contribution in [0.2, 0.25) is 0 Å². The maximum Gasteiger partial charge on any atom is 0.273 e. The molecule has 0 aromatic carbocycles. The number of nitrogens with two attached hydrogens (primary N) is 3. The van der Waals surface area contributed by atoms with Crippen LogP contribution in [-0.2, 0) is 0 Å².